The van der Waals surface area contributed by atoms with Gasteiger partial charge in [0.25, 0.3) is 5.92 Å². The van der Waals surface area contributed by atoms with Crippen LogP contribution in [0, 0.1) is 0 Å². The molecule has 5 nitrogen and oxygen atoms in total. The molecule has 0 spiro atoms. The smallest absolute Gasteiger partial charge is 0.262 e. The Balaban J connectivity index is 2.40. The van der Waals surface area contributed by atoms with Gasteiger partial charge < -0.3 is 10.2 Å². The van der Waals surface area contributed by atoms with Crippen LogP contribution in [0.1, 0.15) is 12.8 Å². The van der Waals surface area contributed by atoms with Gasteiger partial charge in [0.05, 0.1) is 12.6 Å². The third kappa shape index (κ3) is 3.92. The third-order valence-corrected chi connectivity index (χ3v) is 2.74. The quantitative estimate of drug-likeness (QED) is 0.711. The molecule has 0 aliphatic carbocycles. The van der Waals surface area contributed by atoms with Crippen molar-refractivity contribution in [3.63, 3.8) is 0 Å². The lowest BCUT2D eigenvalue weighted by molar-refractivity contribution is -0.133. The maximum atomic E-state index is 12.9. The van der Waals surface area contributed by atoms with Crippen LogP contribution >= 0.6 is 0 Å². The van der Waals surface area contributed by atoms with Crippen molar-refractivity contribution < 1.29 is 18.4 Å². The number of nitrogens with one attached hydrogen (secondary N) is 2. The van der Waals surface area contributed by atoms with Gasteiger partial charge in [-0.3, -0.25) is 14.9 Å². The van der Waals surface area contributed by atoms with Crippen LogP contribution in [-0.4, -0.2) is 55.9 Å². The van der Waals surface area contributed by atoms with E-state index in [-0.39, 0.29) is 18.9 Å². The Morgan fingerprint density at radius 3 is 2.65 bits per heavy atom. The van der Waals surface area contributed by atoms with Gasteiger partial charge in [-0.2, -0.15) is 0 Å². The van der Waals surface area contributed by atoms with E-state index in [1.165, 1.54) is 19.0 Å². The average Bonchev–Trinajstić information content (AvgIpc) is 2.64. The Kier molecular flexibility index (Phi) is 4.39. The van der Waals surface area contributed by atoms with Crippen LogP contribution in [0.3, 0.4) is 0 Å². The van der Waals surface area contributed by atoms with Crippen molar-refractivity contribution in [2.75, 3.05) is 27.2 Å². The van der Waals surface area contributed by atoms with Crippen LogP contribution in [0.4, 0.5) is 8.78 Å². The molecule has 1 aliphatic heterocycles. The van der Waals surface area contributed by atoms with Gasteiger partial charge in [-0.25, -0.2) is 8.78 Å². The van der Waals surface area contributed by atoms with Crippen molar-refractivity contribution >= 4 is 11.8 Å². The molecule has 2 amide bonds. The van der Waals surface area contributed by atoms with Crippen molar-refractivity contribution in [2.24, 2.45) is 0 Å². The molecule has 0 aromatic heterocycles. The highest BCUT2D eigenvalue weighted by Crippen LogP contribution is 2.25. The van der Waals surface area contributed by atoms with Crippen LogP contribution in [0.25, 0.3) is 0 Å². The molecule has 0 radical (unpaired) electrons. The maximum Gasteiger partial charge on any atom is 0.262 e. The average molecular weight is 249 g/mol. The van der Waals surface area contributed by atoms with Crippen LogP contribution < -0.4 is 10.6 Å². The van der Waals surface area contributed by atoms with Gasteiger partial charge in [-0.05, 0) is 0 Å². The molecule has 1 rings (SSSR count). The fourth-order valence-electron chi connectivity index (χ4n) is 1.66. The third-order valence-electron chi connectivity index (χ3n) is 2.74. The molecule has 1 heterocycles. The SMILES string of the molecule is CNC(=O)CCN(C)C(=O)C1CC(F)(F)CN1. The van der Waals surface area contributed by atoms with Crippen LogP contribution in [0.15, 0.2) is 0 Å². The summed E-state index contributed by atoms with van der Waals surface area (Å²) in [7, 11) is 3.01. The lowest BCUT2D eigenvalue weighted by atomic mass is 10.1. The van der Waals surface area contributed by atoms with Gasteiger partial charge in [-0.15, -0.1) is 0 Å². The number of hydrogen-bond acceptors (Lipinski definition) is 3. The summed E-state index contributed by atoms with van der Waals surface area (Å²) in [5.41, 5.74) is 0. The van der Waals surface area contributed by atoms with Crippen molar-refractivity contribution in [3.05, 3.63) is 0 Å². The molecule has 0 saturated carbocycles. The minimum Gasteiger partial charge on any atom is -0.359 e. The Bertz CT molecular complexity index is 310. The highest BCUT2D eigenvalue weighted by Gasteiger charge is 2.43. The molecule has 1 unspecified atom stereocenters. The summed E-state index contributed by atoms with van der Waals surface area (Å²) >= 11 is 0. The first-order chi connectivity index (χ1) is 7.85. The Morgan fingerprint density at radius 1 is 1.53 bits per heavy atom. The van der Waals surface area contributed by atoms with Crippen molar-refractivity contribution in [3.8, 4) is 0 Å². The summed E-state index contributed by atoms with van der Waals surface area (Å²) in [5, 5.41) is 4.92. The van der Waals surface area contributed by atoms with E-state index in [0.29, 0.717) is 0 Å². The van der Waals surface area contributed by atoms with E-state index in [1.807, 2.05) is 0 Å². The second kappa shape index (κ2) is 5.39. The van der Waals surface area contributed by atoms with Crippen LogP contribution in [0.2, 0.25) is 0 Å². The fraction of sp³-hybridized carbons (Fsp3) is 0.800. The minimum absolute atomic E-state index is 0.169. The van der Waals surface area contributed by atoms with E-state index < -0.39 is 30.8 Å². The largest absolute Gasteiger partial charge is 0.359 e. The predicted octanol–water partition coefficient (Wildman–Crippen LogP) is -0.422. The number of amides is 2. The first kappa shape index (κ1) is 13.8. The number of carbonyl (C=O) groups excluding carboxylic acids is 2. The summed E-state index contributed by atoms with van der Waals surface area (Å²) in [6.45, 7) is -0.241. The molecule has 98 valence electrons. The predicted molar refractivity (Wildman–Crippen MR) is 57.7 cm³/mol. The second-order valence-corrected chi connectivity index (χ2v) is 4.18. The molecule has 0 aromatic carbocycles. The first-order valence-corrected chi connectivity index (χ1v) is 5.42. The number of alkyl halides is 2. The van der Waals surface area contributed by atoms with Gasteiger partial charge >= 0.3 is 0 Å². The summed E-state index contributed by atoms with van der Waals surface area (Å²) in [6.07, 6.45) is -0.308. The Labute approximate surface area is 98.5 Å². The molecule has 7 heteroatoms. The Morgan fingerprint density at radius 2 is 2.18 bits per heavy atom. The molecule has 0 bridgehead atoms. The monoisotopic (exact) mass is 249 g/mol. The fourth-order valence-corrected chi connectivity index (χ4v) is 1.66. The van der Waals surface area contributed by atoms with E-state index in [1.54, 1.807) is 0 Å². The van der Waals surface area contributed by atoms with E-state index in [9.17, 15) is 18.4 Å². The summed E-state index contributed by atoms with van der Waals surface area (Å²) in [4.78, 5) is 24.0. The number of carbonyl (C=O) groups is 2. The molecule has 17 heavy (non-hydrogen) atoms. The topological polar surface area (TPSA) is 61.4 Å². The van der Waals surface area contributed by atoms with Gasteiger partial charge in [0.15, 0.2) is 0 Å². The minimum atomic E-state index is -2.82. The molecular formula is C10H17F2N3O2. The van der Waals surface area contributed by atoms with Crippen LogP contribution in [-0.2, 0) is 9.59 Å². The maximum absolute atomic E-state index is 12.9. The lowest BCUT2D eigenvalue weighted by Crippen LogP contribution is -2.42. The van der Waals surface area contributed by atoms with E-state index in [2.05, 4.69) is 10.6 Å². The molecule has 0 aromatic rings. The molecule has 1 atom stereocenters. The highest BCUT2D eigenvalue weighted by atomic mass is 19.3. The first-order valence-electron chi connectivity index (χ1n) is 5.42. The number of hydrogen-bond donors (Lipinski definition) is 2. The molecule has 1 aliphatic rings. The van der Waals surface area contributed by atoms with Crippen molar-refractivity contribution in [2.45, 2.75) is 24.8 Å². The molecule has 1 fully saturated rings. The normalized spacial score (nSPS) is 22.2. The number of nitrogens with zero attached hydrogens (tertiary/aromatic N) is 1. The van der Waals surface area contributed by atoms with E-state index in [0.717, 1.165) is 0 Å². The second-order valence-electron chi connectivity index (χ2n) is 4.18. The number of likely N-dealkylation sites (N-methyl/N-ethyl adjacent to an activating group) is 1. The van der Waals surface area contributed by atoms with Crippen molar-refractivity contribution in [1.82, 2.24) is 15.5 Å². The lowest BCUT2D eigenvalue weighted by Gasteiger charge is -2.20. The van der Waals surface area contributed by atoms with Gasteiger partial charge in [0.1, 0.15) is 0 Å². The molecule has 1 saturated heterocycles. The van der Waals surface area contributed by atoms with Crippen molar-refractivity contribution in [1.29, 1.82) is 0 Å². The summed E-state index contributed by atoms with van der Waals surface area (Å²) in [6, 6.07) is -0.848. The summed E-state index contributed by atoms with van der Waals surface area (Å²) < 4.78 is 25.8. The van der Waals surface area contributed by atoms with Crippen LogP contribution in [0.5, 0.6) is 0 Å². The summed E-state index contributed by atoms with van der Waals surface area (Å²) in [5.74, 6) is -3.40. The van der Waals surface area contributed by atoms with Gasteiger partial charge in [-0.1, -0.05) is 0 Å². The standard InChI is InChI=1S/C10H17F2N3O2/c1-13-8(16)3-4-15(2)9(17)7-5-10(11,12)6-14-7/h7,14H,3-6H2,1-2H3,(H,13,16). The Hall–Kier alpha value is -1.24. The van der Waals surface area contributed by atoms with E-state index in [4.69, 9.17) is 0 Å². The zero-order valence-corrected chi connectivity index (χ0v) is 9.93. The highest BCUT2D eigenvalue weighted by molar-refractivity contribution is 5.83. The zero-order chi connectivity index (χ0) is 13.1. The molecule has 2 N–H and O–H groups in total. The molecular weight excluding hydrogens is 232 g/mol. The van der Waals surface area contributed by atoms with Gasteiger partial charge in [0, 0.05) is 33.5 Å². The van der Waals surface area contributed by atoms with Gasteiger partial charge in [0.2, 0.25) is 11.8 Å². The number of halogens is 2. The number of rotatable bonds is 4. The zero-order valence-electron chi connectivity index (χ0n) is 9.93. The van der Waals surface area contributed by atoms with E-state index >= 15 is 0 Å².